The summed E-state index contributed by atoms with van der Waals surface area (Å²) in [6.45, 7) is 0.562. The smallest absolute Gasteiger partial charge is 0.260 e. The molecule has 1 fully saturated rings. The highest BCUT2D eigenvalue weighted by molar-refractivity contribution is 7.94. The van der Waals surface area contributed by atoms with E-state index < -0.39 is 10.2 Å². The van der Waals surface area contributed by atoms with E-state index in [1.165, 1.54) is 4.31 Å². The van der Waals surface area contributed by atoms with Crippen molar-refractivity contribution in [3.8, 4) is 17.2 Å². The first-order valence-electron chi connectivity index (χ1n) is 10.8. The van der Waals surface area contributed by atoms with Crippen LogP contribution in [0.25, 0.3) is 11.1 Å². The van der Waals surface area contributed by atoms with Gasteiger partial charge in [-0.05, 0) is 72.6 Å². The fraction of sp³-hybridized carbons (Fsp3) is 0.280. The van der Waals surface area contributed by atoms with E-state index in [9.17, 15) is 13.7 Å². The monoisotopic (exact) mass is 444 g/mol. The minimum absolute atomic E-state index is 0.473. The molecule has 0 bridgehead atoms. The van der Waals surface area contributed by atoms with Gasteiger partial charge in [0, 0.05) is 19.8 Å². The number of hydrogen-bond donors (Lipinski definition) is 0. The Morgan fingerprint density at radius 2 is 1.84 bits per heavy atom. The van der Waals surface area contributed by atoms with E-state index in [2.05, 4.69) is 23.2 Å². The summed E-state index contributed by atoms with van der Waals surface area (Å²) in [6.07, 6.45) is 5.38. The first kappa shape index (κ1) is 20.5. The van der Waals surface area contributed by atoms with Crippen molar-refractivity contribution in [3.63, 3.8) is 0 Å². The topological polar surface area (TPSA) is 77.3 Å². The van der Waals surface area contributed by atoms with E-state index in [-0.39, 0.29) is 0 Å². The van der Waals surface area contributed by atoms with Crippen molar-refractivity contribution in [2.45, 2.75) is 25.7 Å². The quantitative estimate of drug-likeness (QED) is 0.567. The van der Waals surface area contributed by atoms with E-state index in [0.29, 0.717) is 24.4 Å². The van der Waals surface area contributed by atoms with E-state index in [4.69, 9.17) is 0 Å². The van der Waals surface area contributed by atoms with Crippen LogP contribution >= 0.6 is 0 Å². The number of nitriles is 1. The number of aromatic nitrogens is 1. The van der Waals surface area contributed by atoms with Crippen LogP contribution in [0.1, 0.15) is 29.7 Å². The predicted molar refractivity (Wildman–Crippen MR) is 126 cm³/mol. The Hall–Kier alpha value is -3.37. The van der Waals surface area contributed by atoms with E-state index in [0.717, 1.165) is 53.0 Å². The van der Waals surface area contributed by atoms with Gasteiger partial charge >= 0.3 is 10.2 Å². The summed E-state index contributed by atoms with van der Waals surface area (Å²) in [7, 11) is -1.87. The molecule has 0 N–H and O–H groups in total. The maximum Gasteiger partial charge on any atom is 0.326 e. The molecule has 5 rings (SSSR count). The molecule has 0 atom stereocenters. The number of fused-ring (bicyclic) bond motifs is 1. The van der Waals surface area contributed by atoms with Crippen molar-refractivity contribution < 1.29 is 8.42 Å². The highest BCUT2D eigenvalue weighted by atomic mass is 32.2. The fourth-order valence-corrected chi connectivity index (χ4v) is 5.69. The van der Waals surface area contributed by atoms with Crippen LogP contribution in [0.2, 0.25) is 0 Å². The summed E-state index contributed by atoms with van der Waals surface area (Å²) in [5.74, 6) is 0.473. The summed E-state index contributed by atoms with van der Waals surface area (Å²) in [4.78, 5) is 4.35. The Kier molecular flexibility index (Phi) is 5.10. The molecule has 3 aromatic rings. The van der Waals surface area contributed by atoms with E-state index >= 15 is 0 Å². The standard InChI is InChI=1S/C25H24N4O2S/c1-28-25-15-21(10-12-24(25)29(32(28,30)31)17-19-7-8-19)20-5-2-4-18(14-20)9-11-23-22(16-26)6-3-13-27-23/h2-6,10,12-15,19H,7-9,11,17H2,1H3. The fourth-order valence-electron chi connectivity index (χ4n) is 4.20. The number of anilines is 2. The molecule has 0 saturated heterocycles. The molecule has 0 spiro atoms. The molecule has 32 heavy (non-hydrogen) atoms. The molecule has 2 aromatic carbocycles. The van der Waals surface area contributed by atoms with Crippen molar-refractivity contribution in [1.29, 1.82) is 5.26 Å². The van der Waals surface area contributed by atoms with Gasteiger partial charge in [0.25, 0.3) is 0 Å². The van der Waals surface area contributed by atoms with E-state index in [1.54, 1.807) is 29.7 Å². The average molecular weight is 445 g/mol. The third kappa shape index (κ3) is 3.71. The number of aryl methyl sites for hydroxylation is 2. The number of rotatable bonds is 6. The third-order valence-corrected chi connectivity index (χ3v) is 8.04. The zero-order valence-electron chi connectivity index (χ0n) is 17.9. The van der Waals surface area contributed by atoms with Crippen molar-refractivity contribution in [3.05, 3.63) is 77.6 Å². The molecule has 1 saturated carbocycles. The van der Waals surface area contributed by atoms with Crippen LogP contribution in [0.3, 0.4) is 0 Å². The van der Waals surface area contributed by atoms with Crippen molar-refractivity contribution in [2.75, 3.05) is 22.2 Å². The second-order valence-corrected chi connectivity index (χ2v) is 10.3. The lowest BCUT2D eigenvalue weighted by Gasteiger charge is -2.18. The highest BCUT2D eigenvalue weighted by Crippen LogP contribution is 2.44. The van der Waals surface area contributed by atoms with Crippen LogP contribution in [-0.4, -0.2) is 27.0 Å². The first-order chi connectivity index (χ1) is 15.5. The molecule has 1 aliphatic carbocycles. The van der Waals surface area contributed by atoms with Crippen LogP contribution in [-0.2, 0) is 23.1 Å². The van der Waals surface area contributed by atoms with Crippen molar-refractivity contribution in [2.24, 2.45) is 5.92 Å². The van der Waals surface area contributed by atoms with Gasteiger partial charge in [0.1, 0.15) is 6.07 Å². The predicted octanol–water partition coefficient (Wildman–Crippen LogP) is 4.32. The second-order valence-electron chi connectivity index (χ2n) is 8.46. The molecular weight excluding hydrogens is 420 g/mol. The van der Waals surface area contributed by atoms with Gasteiger partial charge in [0.15, 0.2) is 0 Å². The van der Waals surface area contributed by atoms with Crippen LogP contribution in [0, 0.1) is 17.2 Å². The first-order valence-corrected chi connectivity index (χ1v) is 12.2. The van der Waals surface area contributed by atoms with Gasteiger partial charge in [0.2, 0.25) is 0 Å². The number of hydrogen-bond acceptors (Lipinski definition) is 4. The summed E-state index contributed by atoms with van der Waals surface area (Å²) < 4.78 is 28.8. The molecule has 0 unspecified atom stereocenters. The van der Waals surface area contributed by atoms with Crippen molar-refractivity contribution >= 4 is 21.6 Å². The number of benzene rings is 2. The molecule has 1 aliphatic heterocycles. The molecular formula is C25H24N4O2S. The summed E-state index contributed by atoms with van der Waals surface area (Å²) in [5.41, 5.74) is 6.07. The lowest BCUT2D eigenvalue weighted by molar-refractivity contribution is 0.590. The molecule has 0 radical (unpaired) electrons. The SMILES string of the molecule is CN1c2cc(-c3cccc(CCc4ncccc4C#N)c3)ccc2N(CC2CC2)S1(=O)=O. The Bertz CT molecular complexity index is 1330. The lowest BCUT2D eigenvalue weighted by atomic mass is 9.99. The van der Waals surface area contributed by atoms with Gasteiger partial charge in [-0.3, -0.25) is 13.6 Å². The van der Waals surface area contributed by atoms with Gasteiger partial charge in [0.05, 0.1) is 22.6 Å². The lowest BCUT2D eigenvalue weighted by Crippen LogP contribution is -2.36. The molecule has 2 heterocycles. The van der Waals surface area contributed by atoms with Crippen molar-refractivity contribution in [1.82, 2.24) is 4.98 Å². The van der Waals surface area contributed by atoms with E-state index in [1.807, 2.05) is 30.3 Å². The molecule has 6 nitrogen and oxygen atoms in total. The zero-order chi connectivity index (χ0) is 22.3. The van der Waals surface area contributed by atoms with Gasteiger partial charge in [-0.1, -0.05) is 30.3 Å². The van der Waals surface area contributed by atoms with Gasteiger partial charge < -0.3 is 0 Å². The Labute approximate surface area is 188 Å². The maximum atomic E-state index is 12.9. The van der Waals surface area contributed by atoms with Crippen LogP contribution < -0.4 is 8.61 Å². The maximum absolute atomic E-state index is 12.9. The summed E-state index contributed by atoms with van der Waals surface area (Å²) >= 11 is 0. The molecule has 2 aliphatic rings. The molecule has 0 amide bonds. The number of pyridine rings is 1. The average Bonchev–Trinajstić information content (AvgIpc) is 3.62. The van der Waals surface area contributed by atoms with Gasteiger partial charge in [-0.15, -0.1) is 0 Å². The van der Waals surface area contributed by atoms with Gasteiger partial charge in [-0.2, -0.15) is 13.7 Å². The third-order valence-electron chi connectivity index (χ3n) is 6.25. The Balaban J connectivity index is 1.40. The molecule has 1 aromatic heterocycles. The van der Waals surface area contributed by atoms with Crippen LogP contribution in [0.4, 0.5) is 11.4 Å². The molecule has 162 valence electrons. The zero-order valence-corrected chi connectivity index (χ0v) is 18.7. The second kappa shape index (κ2) is 7.95. The summed E-state index contributed by atoms with van der Waals surface area (Å²) in [6, 6.07) is 19.9. The Morgan fingerprint density at radius 3 is 2.62 bits per heavy atom. The summed E-state index contributed by atoms with van der Waals surface area (Å²) in [5, 5.41) is 9.27. The number of nitrogens with zero attached hydrogens (tertiary/aromatic N) is 4. The van der Waals surface area contributed by atoms with Crippen LogP contribution in [0.5, 0.6) is 0 Å². The minimum Gasteiger partial charge on any atom is -0.260 e. The Morgan fingerprint density at radius 1 is 1.03 bits per heavy atom. The minimum atomic E-state index is -3.50. The highest BCUT2D eigenvalue weighted by Gasteiger charge is 2.40. The largest absolute Gasteiger partial charge is 0.326 e. The van der Waals surface area contributed by atoms with Crippen LogP contribution in [0.15, 0.2) is 60.8 Å². The van der Waals surface area contributed by atoms with Gasteiger partial charge in [-0.25, -0.2) is 0 Å². The molecule has 7 heteroatoms. The normalized spacial score (nSPS) is 16.6.